The molecule has 0 fully saturated rings. The summed E-state index contributed by atoms with van der Waals surface area (Å²) in [4.78, 5) is 10.9. The fourth-order valence-electron chi connectivity index (χ4n) is 1.97. The highest BCUT2D eigenvalue weighted by atomic mass is 16.1. The molecule has 0 amide bonds. The molecule has 0 aliphatic carbocycles. The highest BCUT2D eigenvalue weighted by Crippen LogP contribution is 2.12. The van der Waals surface area contributed by atoms with Gasteiger partial charge in [-0.3, -0.25) is 9.89 Å². The molecule has 0 saturated heterocycles. The number of aromatic amines is 1. The van der Waals surface area contributed by atoms with Crippen LogP contribution in [0.15, 0.2) is 24.3 Å². The predicted molar refractivity (Wildman–Crippen MR) is 67.3 cm³/mol. The van der Waals surface area contributed by atoms with Crippen molar-refractivity contribution in [2.45, 2.75) is 26.7 Å². The molecule has 0 saturated carbocycles. The van der Waals surface area contributed by atoms with Crippen LogP contribution in [0.2, 0.25) is 0 Å². The van der Waals surface area contributed by atoms with Gasteiger partial charge >= 0.3 is 0 Å². The summed E-state index contributed by atoms with van der Waals surface area (Å²) in [6.45, 7) is 3.95. The van der Waals surface area contributed by atoms with Crippen LogP contribution in [0.5, 0.6) is 0 Å². The number of aromatic nitrogens is 2. The van der Waals surface area contributed by atoms with Crippen LogP contribution in [-0.4, -0.2) is 16.5 Å². The summed E-state index contributed by atoms with van der Waals surface area (Å²) in [5.74, 6) is 0. The van der Waals surface area contributed by atoms with Gasteiger partial charge in [0.25, 0.3) is 0 Å². The lowest BCUT2D eigenvalue weighted by molar-refractivity contribution is 0.112. The van der Waals surface area contributed by atoms with Gasteiger partial charge in [-0.15, -0.1) is 0 Å². The predicted octanol–water partition coefficient (Wildman–Crippen LogP) is 2.62. The zero-order valence-electron chi connectivity index (χ0n) is 10.2. The summed E-state index contributed by atoms with van der Waals surface area (Å²) in [7, 11) is 0. The molecule has 3 heteroatoms. The molecule has 0 unspecified atom stereocenters. The third-order valence-electron chi connectivity index (χ3n) is 2.92. The zero-order valence-corrected chi connectivity index (χ0v) is 10.2. The summed E-state index contributed by atoms with van der Waals surface area (Å²) >= 11 is 0. The number of nitrogens with zero attached hydrogens (tertiary/aromatic N) is 1. The Hall–Kier alpha value is -1.90. The Morgan fingerprint density at radius 3 is 2.82 bits per heavy atom. The Kier molecular flexibility index (Phi) is 3.38. The number of hydrogen-bond acceptors (Lipinski definition) is 2. The first-order valence-corrected chi connectivity index (χ1v) is 5.75. The van der Waals surface area contributed by atoms with Crippen LogP contribution < -0.4 is 0 Å². The monoisotopic (exact) mass is 228 g/mol. The summed E-state index contributed by atoms with van der Waals surface area (Å²) in [5, 5.41) is 7.02. The van der Waals surface area contributed by atoms with Crippen molar-refractivity contribution >= 4 is 6.29 Å². The van der Waals surface area contributed by atoms with E-state index in [0.717, 1.165) is 30.5 Å². The van der Waals surface area contributed by atoms with Crippen LogP contribution in [-0.2, 0) is 12.8 Å². The molecule has 0 aliphatic rings. The second kappa shape index (κ2) is 4.95. The lowest BCUT2D eigenvalue weighted by Gasteiger charge is -2.01. The van der Waals surface area contributed by atoms with Crippen molar-refractivity contribution < 1.29 is 4.79 Å². The third-order valence-corrected chi connectivity index (χ3v) is 2.92. The standard InChI is InChI=1S/C14H16N2O/c1-10-4-3-5-12(8-10)6-7-14-13(9-17)11(2)15-16-14/h3-5,8-9H,6-7H2,1-2H3,(H,15,16). The molecule has 1 aromatic heterocycles. The van der Waals surface area contributed by atoms with Crippen molar-refractivity contribution in [3.8, 4) is 0 Å². The second-order valence-electron chi connectivity index (χ2n) is 4.32. The number of carbonyl (C=O) groups is 1. The van der Waals surface area contributed by atoms with Crippen molar-refractivity contribution in [1.29, 1.82) is 0 Å². The molecular weight excluding hydrogens is 212 g/mol. The second-order valence-corrected chi connectivity index (χ2v) is 4.32. The van der Waals surface area contributed by atoms with Crippen molar-refractivity contribution in [3.05, 3.63) is 52.3 Å². The van der Waals surface area contributed by atoms with Gasteiger partial charge in [0.15, 0.2) is 6.29 Å². The number of benzene rings is 1. The number of rotatable bonds is 4. The summed E-state index contributed by atoms with van der Waals surface area (Å²) in [6, 6.07) is 8.41. The fourth-order valence-corrected chi connectivity index (χ4v) is 1.97. The van der Waals surface area contributed by atoms with E-state index in [9.17, 15) is 4.79 Å². The molecule has 0 spiro atoms. The van der Waals surface area contributed by atoms with E-state index in [0.29, 0.717) is 5.56 Å². The van der Waals surface area contributed by atoms with E-state index in [-0.39, 0.29) is 0 Å². The molecule has 2 rings (SSSR count). The van der Waals surface area contributed by atoms with Gasteiger partial charge in [0, 0.05) is 5.69 Å². The highest BCUT2D eigenvalue weighted by Gasteiger charge is 2.08. The molecule has 0 radical (unpaired) electrons. The highest BCUT2D eigenvalue weighted by molar-refractivity contribution is 5.78. The first-order valence-electron chi connectivity index (χ1n) is 5.75. The zero-order chi connectivity index (χ0) is 12.3. The third kappa shape index (κ3) is 2.61. The van der Waals surface area contributed by atoms with Crippen molar-refractivity contribution in [1.82, 2.24) is 10.2 Å². The first-order chi connectivity index (χ1) is 8.20. The Morgan fingerprint density at radius 1 is 1.29 bits per heavy atom. The number of nitrogens with one attached hydrogen (secondary N) is 1. The van der Waals surface area contributed by atoms with Crippen molar-refractivity contribution in [3.63, 3.8) is 0 Å². The van der Waals surface area contributed by atoms with E-state index in [1.165, 1.54) is 11.1 Å². The number of aldehydes is 1. The van der Waals surface area contributed by atoms with Crippen molar-refractivity contribution in [2.24, 2.45) is 0 Å². The maximum atomic E-state index is 10.9. The van der Waals surface area contributed by atoms with Gasteiger partial charge in [0.1, 0.15) is 0 Å². The van der Waals surface area contributed by atoms with E-state index < -0.39 is 0 Å². The maximum Gasteiger partial charge on any atom is 0.153 e. The number of carbonyl (C=O) groups excluding carboxylic acids is 1. The number of H-pyrrole nitrogens is 1. The Balaban J connectivity index is 2.09. The molecule has 0 aliphatic heterocycles. The molecule has 88 valence electrons. The van der Waals surface area contributed by atoms with Crippen LogP contribution in [0.1, 0.15) is 32.9 Å². The first kappa shape index (κ1) is 11.6. The molecule has 3 nitrogen and oxygen atoms in total. The minimum absolute atomic E-state index is 0.706. The van der Waals surface area contributed by atoms with Gasteiger partial charge in [-0.2, -0.15) is 5.10 Å². The van der Waals surface area contributed by atoms with Gasteiger partial charge in [-0.25, -0.2) is 0 Å². The molecule has 1 aromatic carbocycles. The van der Waals surface area contributed by atoms with Crippen LogP contribution in [0.25, 0.3) is 0 Å². The largest absolute Gasteiger partial charge is 0.298 e. The van der Waals surface area contributed by atoms with Gasteiger partial charge in [0.05, 0.1) is 11.3 Å². The van der Waals surface area contributed by atoms with Crippen LogP contribution in [0, 0.1) is 13.8 Å². The molecule has 2 aromatic rings. The quantitative estimate of drug-likeness (QED) is 0.818. The molecule has 1 heterocycles. The van der Waals surface area contributed by atoms with E-state index in [2.05, 4.69) is 41.4 Å². The number of hydrogen-bond donors (Lipinski definition) is 1. The van der Waals surface area contributed by atoms with Crippen molar-refractivity contribution in [2.75, 3.05) is 0 Å². The van der Waals surface area contributed by atoms with E-state index in [4.69, 9.17) is 0 Å². The van der Waals surface area contributed by atoms with Gasteiger partial charge in [-0.1, -0.05) is 29.8 Å². The Morgan fingerprint density at radius 2 is 2.12 bits per heavy atom. The normalized spacial score (nSPS) is 10.5. The van der Waals surface area contributed by atoms with Gasteiger partial charge in [0.2, 0.25) is 0 Å². The lowest BCUT2D eigenvalue weighted by atomic mass is 10.0. The van der Waals surface area contributed by atoms with E-state index in [1.54, 1.807) is 0 Å². The molecular formula is C14H16N2O. The topological polar surface area (TPSA) is 45.8 Å². The average molecular weight is 228 g/mol. The average Bonchev–Trinajstić information content (AvgIpc) is 2.67. The SMILES string of the molecule is Cc1cccc(CCc2n[nH]c(C)c2C=O)c1. The summed E-state index contributed by atoms with van der Waals surface area (Å²) in [5.41, 5.74) is 4.95. The Labute approximate surface area is 101 Å². The summed E-state index contributed by atoms with van der Waals surface area (Å²) in [6.07, 6.45) is 2.58. The van der Waals surface area contributed by atoms with Crippen LogP contribution in [0.4, 0.5) is 0 Å². The molecule has 0 atom stereocenters. The van der Waals surface area contributed by atoms with E-state index in [1.807, 2.05) is 6.92 Å². The van der Waals surface area contributed by atoms with Gasteiger partial charge in [-0.05, 0) is 32.3 Å². The van der Waals surface area contributed by atoms with Crippen LogP contribution in [0.3, 0.4) is 0 Å². The molecule has 17 heavy (non-hydrogen) atoms. The smallest absolute Gasteiger partial charge is 0.153 e. The fraction of sp³-hybridized carbons (Fsp3) is 0.286. The number of aryl methyl sites for hydroxylation is 4. The van der Waals surface area contributed by atoms with Gasteiger partial charge < -0.3 is 0 Å². The van der Waals surface area contributed by atoms with Crippen LogP contribution >= 0.6 is 0 Å². The minimum Gasteiger partial charge on any atom is -0.298 e. The molecule has 0 bridgehead atoms. The maximum absolute atomic E-state index is 10.9. The van der Waals surface area contributed by atoms with E-state index >= 15 is 0 Å². The Bertz CT molecular complexity index is 529. The lowest BCUT2D eigenvalue weighted by Crippen LogP contribution is -1.96. The molecule has 1 N–H and O–H groups in total. The minimum atomic E-state index is 0.706. The summed E-state index contributed by atoms with van der Waals surface area (Å²) < 4.78 is 0.